The van der Waals surface area contributed by atoms with E-state index in [1.165, 1.54) is 64.8 Å². The molecule has 3 aliphatic rings. The van der Waals surface area contributed by atoms with Crippen LogP contribution >= 0.6 is 0 Å². The second-order valence-electron chi connectivity index (χ2n) is 7.77. The zero-order chi connectivity index (χ0) is 15.0. The molecule has 3 fully saturated rings. The Hall–Kier alpha value is -0.840. The van der Waals surface area contributed by atoms with E-state index in [0.29, 0.717) is 11.2 Å². The first kappa shape index (κ1) is 14.7. The fraction of sp³-hybridized carbons (Fsp3) is 0.778. The van der Waals surface area contributed by atoms with Crippen LogP contribution in [0.25, 0.3) is 0 Å². The molecular formula is C18H28N2O2. The molecule has 1 aliphatic carbocycles. The predicted octanol–water partition coefficient (Wildman–Crippen LogP) is 2.47. The lowest BCUT2D eigenvalue weighted by Crippen LogP contribution is -2.45. The number of hydrogen-bond donors (Lipinski definition) is 1. The second-order valence-corrected chi connectivity index (χ2v) is 7.77. The molecule has 1 aromatic rings. The maximum atomic E-state index is 9.10. The van der Waals surface area contributed by atoms with Crippen molar-refractivity contribution in [2.45, 2.75) is 45.3 Å². The standard InChI is InChI=1S/C18H28N2O2/c21-12-17-5-4-16(22-17)11-20-9-7-18(14-20)6-1-8-19(13-18)10-15-2-3-15/h4-5,15,21H,1-3,6-14H2. The minimum atomic E-state index is 0.0000637. The Balaban J connectivity index is 1.34. The van der Waals surface area contributed by atoms with Crippen molar-refractivity contribution in [2.24, 2.45) is 11.3 Å². The van der Waals surface area contributed by atoms with Gasteiger partial charge in [0.2, 0.25) is 0 Å². The number of nitrogens with zero attached hydrogens (tertiary/aromatic N) is 2. The van der Waals surface area contributed by atoms with Crippen molar-refractivity contribution < 1.29 is 9.52 Å². The van der Waals surface area contributed by atoms with Crippen molar-refractivity contribution in [1.82, 2.24) is 9.80 Å². The highest BCUT2D eigenvalue weighted by atomic mass is 16.4. The zero-order valence-corrected chi connectivity index (χ0v) is 13.5. The van der Waals surface area contributed by atoms with Crippen molar-refractivity contribution >= 4 is 0 Å². The van der Waals surface area contributed by atoms with Gasteiger partial charge in [0.25, 0.3) is 0 Å². The van der Waals surface area contributed by atoms with Crippen LogP contribution in [0.4, 0.5) is 0 Å². The smallest absolute Gasteiger partial charge is 0.129 e. The van der Waals surface area contributed by atoms with Crippen LogP contribution in [0.2, 0.25) is 0 Å². The van der Waals surface area contributed by atoms with Gasteiger partial charge in [-0.2, -0.15) is 0 Å². The van der Waals surface area contributed by atoms with Crippen molar-refractivity contribution in [3.05, 3.63) is 23.7 Å². The molecule has 0 radical (unpaired) electrons. The molecule has 4 rings (SSSR count). The van der Waals surface area contributed by atoms with Gasteiger partial charge in [0.05, 0.1) is 6.54 Å². The highest BCUT2D eigenvalue weighted by molar-refractivity contribution is 5.07. The van der Waals surface area contributed by atoms with Gasteiger partial charge in [-0.15, -0.1) is 0 Å². The summed E-state index contributed by atoms with van der Waals surface area (Å²) in [6.07, 6.45) is 7.02. The lowest BCUT2D eigenvalue weighted by atomic mass is 9.79. The molecule has 0 bridgehead atoms. The average Bonchev–Trinajstić information content (AvgIpc) is 3.08. The molecule has 1 spiro atoms. The molecule has 0 aromatic carbocycles. The van der Waals surface area contributed by atoms with Crippen molar-refractivity contribution in [1.29, 1.82) is 0 Å². The summed E-state index contributed by atoms with van der Waals surface area (Å²) < 4.78 is 5.65. The predicted molar refractivity (Wildman–Crippen MR) is 85.4 cm³/mol. The van der Waals surface area contributed by atoms with Crippen LogP contribution in [0.3, 0.4) is 0 Å². The molecule has 2 aliphatic heterocycles. The minimum Gasteiger partial charge on any atom is -0.462 e. The Bertz CT molecular complexity index is 511. The second kappa shape index (κ2) is 5.99. The van der Waals surface area contributed by atoms with E-state index in [9.17, 15) is 0 Å². The van der Waals surface area contributed by atoms with Crippen LogP contribution in [-0.4, -0.2) is 47.6 Å². The summed E-state index contributed by atoms with van der Waals surface area (Å²) in [6.45, 7) is 7.26. The first-order valence-electron chi connectivity index (χ1n) is 8.88. The minimum absolute atomic E-state index is 0.0000637. The van der Waals surface area contributed by atoms with E-state index >= 15 is 0 Å². The van der Waals surface area contributed by atoms with Crippen LogP contribution < -0.4 is 0 Å². The van der Waals surface area contributed by atoms with Gasteiger partial charge in [-0.05, 0) is 68.7 Å². The van der Waals surface area contributed by atoms with Crippen molar-refractivity contribution in [3.63, 3.8) is 0 Å². The van der Waals surface area contributed by atoms with E-state index in [1.807, 2.05) is 12.1 Å². The third-order valence-corrected chi connectivity index (χ3v) is 5.72. The third kappa shape index (κ3) is 3.24. The van der Waals surface area contributed by atoms with Gasteiger partial charge in [0.15, 0.2) is 0 Å². The summed E-state index contributed by atoms with van der Waals surface area (Å²) in [5.41, 5.74) is 0.527. The summed E-state index contributed by atoms with van der Waals surface area (Å²) in [6, 6.07) is 3.90. The SMILES string of the molecule is OCc1ccc(CN2CCC3(CCCN(CC4CC4)C3)C2)o1. The first-order chi connectivity index (χ1) is 10.7. The molecule has 2 saturated heterocycles. The normalized spacial score (nSPS) is 30.4. The molecule has 1 aromatic heterocycles. The zero-order valence-electron chi connectivity index (χ0n) is 13.5. The number of aliphatic hydroxyl groups is 1. The lowest BCUT2D eigenvalue weighted by Gasteiger charge is -2.40. The van der Waals surface area contributed by atoms with E-state index < -0.39 is 0 Å². The van der Waals surface area contributed by atoms with Crippen LogP contribution in [-0.2, 0) is 13.2 Å². The Morgan fingerprint density at radius 1 is 1.09 bits per heavy atom. The number of hydrogen-bond acceptors (Lipinski definition) is 4. The number of furan rings is 1. The molecule has 3 heterocycles. The fourth-order valence-electron chi connectivity index (χ4n) is 4.44. The van der Waals surface area contributed by atoms with Crippen LogP contribution in [0.15, 0.2) is 16.5 Å². The van der Waals surface area contributed by atoms with Crippen molar-refractivity contribution in [2.75, 3.05) is 32.7 Å². The third-order valence-electron chi connectivity index (χ3n) is 5.72. The summed E-state index contributed by atoms with van der Waals surface area (Å²) in [5, 5.41) is 9.10. The molecule has 4 heteroatoms. The van der Waals surface area contributed by atoms with Crippen LogP contribution in [0.5, 0.6) is 0 Å². The Morgan fingerprint density at radius 3 is 2.68 bits per heavy atom. The Kier molecular flexibility index (Phi) is 4.01. The summed E-state index contributed by atoms with van der Waals surface area (Å²) in [5.74, 6) is 2.68. The van der Waals surface area contributed by atoms with Gasteiger partial charge < -0.3 is 14.4 Å². The van der Waals surface area contributed by atoms with Gasteiger partial charge >= 0.3 is 0 Å². The summed E-state index contributed by atoms with van der Waals surface area (Å²) in [4.78, 5) is 5.28. The molecule has 0 amide bonds. The Morgan fingerprint density at radius 2 is 1.91 bits per heavy atom. The average molecular weight is 304 g/mol. The highest BCUT2D eigenvalue weighted by Gasteiger charge is 2.42. The fourth-order valence-corrected chi connectivity index (χ4v) is 4.44. The highest BCUT2D eigenvalue weighted by Crippen LogP contribution is 2.41. The number of aliphatic hydroxyl groups excluding tert-OH is 1. The van der Waals surface area contributed by atoms with Crippen LogP contribution in [0, 0.1) is 11.3 Å². The maximum absolute atomic E-state index is 9.10. The van der Waals surface area contributed by atoms with E-state index in [1.54, 1.807) is 0 Å². The number of rotatable bonds is 5. The van der Waals surface area contributed by atoms with Crippen LogP contribution in [0.1, 0.15) is 43.6 Å². The van der Waals surface area contributed by atoms with Gasteiger partial charge in [0, 0.05) is 19.6 Å². The lowest BCUT2D eigenvalue weighted by molar-refractivity contribution is 0.0874. The molecule has 22 heavy (non-hydrogen) atoms. The molecule has 1 unspecified atom stereocenters. The van der Waals surface area contributed by atoms with E-state index in [4.69, 9.17) is 9.52 Å². The van der Waals surface area contributed by atoms with Gasteiger partial charge in [-0.1, -0.05) is 0 Å². The van der Waals surface area contributed by atoms with Gasteiger partial charge in [-0.3, -0.25) is 4.90 Å². The first-order valence-corrected chi connectivity index (χ1v) is 8.88. The summed E-state index contributed by atoms with van der Waals surface area (Å²) in [7, 11) is 0. The van der Waals surface area contributed by atoms with E-state index in [-0.39, 0.29) is 6.61 Å². The quantitative estimate of drug-likeness (QED) is 0.907. The van der Waals surface area contributed by atoms with E-state index in [0.717, 1.165) is 18.2 Å². The topological polar surface area (TPSA) is 39.9 Å². The van der Waals surface area contributed by atoms with E-state index in [2.05, 4.69) is 9.80 Å². The molecule has 1 atom stereocenters. The molecule has 4 nitrogen and oxygen atoms in total. The van der Waals surface area contributed by atoms with Gasteiger partial charge in [0.1, 0.15) is 18.1 Å². The Labute approximate surface area is 133 Å². The largest absolute Gasteiger partial charge is 0.462 e. The van der Waals surface area contributed by atoms with Crippen molar-refractivity contribution in [3.8, 4) is 0 Å². The van der Waals surface area contributed by atoms with Gasteiger partial charge in [-0.25, -0.2) is 0 Å². The maximum Gasteiger partial charge on any atom is 0.129 e. The summed E-state index contributed by atoms with van der Waals surface area (Å²) >= 11 is 0. The number of likely N-dealkylation sites (tertiary alicyclic amines) is 2. The number of piperidine rings is 1. The molecule has 1 N–H and O–H groups in total. The molecule has 122 valence electrons. The monoisotopic (exact) mass is 304 g/mol. The molecule has 1 saturated carbocycles. The molecular weight excluding hydrogens is 276 g/mol.